The van der Waals surface area contributed by atoms with E-state index in [1.54, 1.807) is 31.3 Å². The Bertz CT molecular complexity index is 1050. The lowest BCUT2D eigenvalue weighted by Gasteiger charge is -2.25. The number of hydrogen-bond acceptors (Lipinski definition) is 6. The number of carbonyl (C=O) groups is 2. The van der Waals surface area contributed by atoms with E-state index in [4.69, 9.17) is 9.47 Å². The van der Waals surface area contributed by atoms with Crippen LogP contribution in [0.5, 0.6) is 5.75 Å². The fraction of sp³-hybridized carbons (Fsp3) is 0.400. The summed E-state index contributed by atoms with van der Waals surface area (Å²) in [7, 11) is 1.56. The zero-order valence-corrected chi connectivity index (χ0v) is 16.7. The van der Waals surface area contributed by atoms with Crippen molar-refractivity contribution in [2.24, 2.45) is 0 Å². The Hall–Kier alpha value is -3.21. The Morgan fingerprint density at radius 3 is 2.84 bits per heavy atom. The molecule has 1 aromatic heterocycles. The molecule has 0 bridgehead atoms. The van der Waals surface area contributed by atoms with Gasteiger partial charge in [0, 0.05) is 18.8 Å². The lowest BCUT2D eigenvalue weighted by Crippen LogP contribution is -2.49. The smallest absolute Gasteiger partial charge is 0.392 e. The number of benzene rings is 1. The number of fused-ring (bicyclic) bond motifs is 2. The average Bonchev–Trinajstić information content (AvgIpc) is 2.98. The number of hydrogen-bond donors (Lipinski definition) is 1. The van der Waals surface area contributed by atoms with Gasteiger partial charge in [-0.3, -0.25) is 9.59 Å². The first-order chi connectivity index (χ1) is 14.6. The summed E-state index contributed by atoms with van der Waals surface area (Å²) in [6.45, 7) is 1.07. The largest absolute Gasteiger partial charge is 0.489 e. The Morgan fingerprint density at radius 1 is 1.35 bits per heavy atom. The van der Waals surface area contributed by atoms with Crippen LogP contribution in [0.4, 0.5) is 18.9 Å². The maximum atomic E-state index is 13.0. The topological polar surface area (TPSA) is 93.7 Å². The van der Waals surface area contributed by atoms with Gasteiger partial charge in [-0.1, -0.05) is 12.1 Å². The third kappa shape index (κ3) is 4.05. The zero-order valence-electron chi connectivity index (χ0n) is 16.7. The van der Waals surface area contributed by atoms with Crippen molar-refractivity contribution in [2.75, 3.05) is 18.6 Å². The SMILES string of the molecule is CN1C(=O)[C@@H](NC(=O)c2ncc3c(n2)[C@@](C)(CC(F)(F)F)OC3)COc2ccccc21. The second-order valence-electron chi connectivity index (χ2n) is 7.58. The molecule has 164 valence electrons. The fourth-order valence-electron chi connectivity index (χ4n) is 3.68. The molecule has 2 aliphatic heterocycles. The van der Waals surface area contributed by atoms with E-state index in [0.717, 1.165) is 0 Å². The molecule has 2 aromatic rings. The van der Waals surface area contributed by atoms with Crippen LogP contribution in [0.15, 0.2) is 30.5 Å². The van der Waals surface area contributed by atoms with Crippen LogP contribution in [0, 0.1) is 0 Å². The molecule has 0 radical (unpaired) electrons. The van der Waals surface area contributed by atoms with Gasteiger partial charge in [-0.15, -0.1) is 0 Å². The number of aromatic nitrogens is 2. The summed E-state index contributed by atoms with van der Waals surface area (Å²) in [5.41, 5.74) is -0.766. The van der Waals surface area contributed by atoms with Crippen LogP contribution < -0.4 is 15.0 Å². The molecule has 11 heteroatoms. The molecule has 8 nitrogen and oxygen atoms in total. The molecule has 3 heterocycles. The van der Waals surface area contributed by atoms with E-state index in [9.17, 15) is 22.8 Å². The molecule has 2 aliphatic rings. The van der Waals surface area contributed by atoms with Crippen LogP contribution in [0.2, 0.25) is 0 Å². The van der Waals surface area contributed by atoms with E-state index < -0.39 is 36.1 Å². The fourth-order valence-corrected chi connectivity index (χ4v) is 3.68. The van der Waals surface area contributed by atoms with Gasteiger partial charge in [0.05, 0.1) is 24.4 Å². The molecule has 0 fully saturated rings. The van der Waals surface area contributed by atoms with E-state index in [0.29, 0.717) is 17.0 Å². The van der Waals surface area contributed by atoms with Crippen LogP contribution in [-0.4, -0.2) is 47.7 Å². The minimum Gasteiger partial charge on any atom is -0.489 e. The Balaban J connectivity index is 1.54. The van der Waals surface area contributed by atoms with Crippen molar-refractivity contribution >= 4 is 17.5 Å². The molecular formula is C20H19F3N4O4. The summed E-state index contributed by atoms with van der Waals surface area (Å²) >= 11 is 0. The number of nitrogens with one attached hydrogen (secondary N) is 1. The van der Waals surface area contributed by atoms with Crippen molar-refractivity contribution in [3.8, 4) is 5.75 Å². The highest BCUT2D eigenvalue weighted by Gasteiger charge is 2.47. The molecule has 1 aromatic carbocycles. The standard InChI is InChI=1S/C20H19F3N4O4/c1-19(10-20(21,22)23)15-11(8-31-19)7-24-16(26-15)17(28)25-12-9-30-14-6-4-3-5-13(14)27(2)18(12)29/h3-7,12H,8-10H2,1-2H3,(H,25,28)/t12-,19+/m0/s1. The number of para-hydroxylation sites is 2. The maximum Gasteiger partial charge on any atom is 0.392 e. The van der Waals surface area contributed by atoms with E-state index in [1.807, 2.05) is 0 Å². The van der Waals surface area contributed by atoms with E-state index in [-0.39, 0.29) is 24.7 Å². The number of rotatable bonds is 3. The second-order valence-corrected chi connectivity index (χ2v) is 7.58. The molecule has 4 rings (SSSR count). The quantitative estimate of drug-likeness (QED) is 0.794. The summed E-state index contributed by atoms with van der Waals surface area (Å²) in [6.07, 6.45) is -4.46. The molecule has 1 N–H and O–H groups in total. The predicted octanol–water partition coefficient (Wildman–Crippen LogP) is 2.33. The number of halogens is 3. The van der Waals surface area contributed by atoms with Crippen molar-refractivity contribution < 1.29 is 32.2 Å². The third-order valence-electron chi connectivity index (χ3n) is 5.22. The molecule has 0 aliphatic carbocycles. The first kappa shape index (κ1) is 21.0. The molecule has 0 spiro atoms. The number of anilines is 1. The number of nitrogens with zero attached hydrogens (tertiary/aromatic N) is 3. The van der Waals surface area contributed by atoms with Gasteiger partial charge in [0.1, 0.15) is 24.0 Å². The van der Waals surface area contributed by atoms with Crippen molar-refractivity contribution in [1.29, 1.82) is 0 Å². The average molecular weight is 436 g/mol. The lowest BCUT2D eigenvalue weighted by molar-refractivity contribution is -0.185. The Kier molecular flexibility index (Phi) is 5.08. The van der Waals surface area contributed by atoms with Crippen LogP contribution in [0.25, 0.3) is 0 Å². The summed E-state index contributed by atoms with van der Waals surface area (Å²) in [4.78, 5) is 34.8. The van der Waals surface area contributed by atoms with E-state index >= 15 is 0 Å². The number of likely N-dealkylation sites (N-methyl/N-ethyl adjacent to an activating group) is 1. The van der Waals surface area contributed by atoms with Crippen molar-refractivity contribution in [1.82, 2.24) is 15.3 Å². The number of amides is 2. The Morgan fingerprint density at radius 2 is 2.10 bits per heavy atom. The van der Waals surface area contributed by atoms with Crippen LogP contribution >= 0.6 is 0 Å². The summed E-state index contributed by atoms with van der Waals surface area (Å²) < 4.78 is 49.9. The Labute approximate surface area is 175 Å². The van der Waals surface area contributed by atoms with Gasteiger partial charge in [0.25, 0.3) is 11.8 Å². The summed E-state index contributed by atoms with van der Waals surface area (Å²) in [5.74, 6) is -1.08. The van der Waals surface area contributed by atoms with E-state index in [2.05, 4.69) is 15.3 Å². The van der Waals surface area contributed by atoms with Crippen LogP contribution in [0.3, 0.4) is 0 Å². The van der Waals surface area contributed by atoms with Gasteiger partial charge in [-0.25, -0.2) is 9.97 Å². The van der Waals surface area contributed by atoms with Gasteiger partial charge in [0.2, 0.25) is 5.82 Å². The number of alkyl halides is 3. The van der Waals surface area contributed by atoms with Crippen molar-refractivity contribution in [3.05, 3.63) is 47.5 Å². The first-order valence-corrected chi connectivity index (χ1v) is 9.45. The second kappa shape index (κ2) is 7.49. The van der Waals surface area contributed by atoms with Gasteiger partial charge in [-0.2, -0.15) is 13.2 Å². The molecule has 0 saturated carbocycles. The zero-order chi connectivity index (χ0) is 22.4. The maximum absolute atomic E-state index is 13.0. The monoisotopic (exact) mass is 436 g/mol. The van der Waals surface area contributed by atoms with Gasteiger partial charge in [-0.05, 0) is 19.1 Å². The molecule has 0 unspecified atom stereocenters. The van der Waals surface area contributed by atoms with Gasteiger partial charge >= 0.3 is 6.18 Å². The van der Waals surface area contributed by atoms with Crippen LogP contribution in [-0.2, 0) is 21.7 Å². The molecular weight excluding hydrogens is 417 g/mol. The predicted molar refractivity (Wildman–Crippen MR) is 101 cm³/mol. The number of carbonyl (C=O) groups excluding carboxylic acids is 2. The summed E-state index contributed by atoms with van der Waals surface area (Å²) in [6, 6.07) is 5.90. The highest BCUT2D eigenvalue weighted by atomic mass is 19.4. The molecule has 31 heavy (non-hydrogen) atoms. The number of ether oxygens (including phenoxy) is 2. The first-order valence-electron chi connectivity index (χ1n) is 9.45. The molecule has 2 atom stereocenters. The van der Waals surface area contributed by atoms with E-state index in [1.165, 1.54) is 18.0 Å². The van der Waals surface area contributed by atoms with Crippen LogP contribution in [0.1, 0.15) is 35.2 Å². The highest BCUT2D eigenvalue weighted by molar-refractivity contribution is 6.02. The third-order valence-corrected chi connectivity index (χ3v) is 5.22. The molecule has 2 amide bonds. The summed E-state index contributed by atoms with van der Waals surface area (Å²) in [5, 5.41) is 2.51. The van der Waals surface area contributed by atoms with Gasteiger partial charge in [0.15, 0.2) is 0 Å². The normalized spacial score (nSPS) is 22.9. The van der Waals surface area contributed by atoms with Gasteiger partial charge < -0.3 is 19.7 Å². The van der Waals surface area contributed by atoms with Crippen molar-refractivity contribution in [3.63, 3.8) is 0 Å². The highest BCUT2D eigenvalue weighted by Crippen LogP contribution is 2.42. The lowest BCUT2D eigenvalue weighted by atomic mass is 9.96. The minimum atomic E-state index is -4.48. The molecule has 0 saturated heterocycles. The minimum absolute atomic E-state index is 0.0120. The van der Waals surface area contributed by atoms with Crippen molar-refractivity contribution in [2.45, 2.75) is 37.8 Å².